The molecule has 4 rings (SSSR count). The van der Waals surface area contributed by atoms with Crippen molar-refractivity contribution in [3.05, 3.63) is 71.2 Å². The second-order valence-electron chi connectivity index (χ2n) is 8.80. The molecule has 1 fully saturated rings. The number of aromatic nitrogens is 2. The molecular weight excluding hydrogens is 468 g/mol. The highest BCUT2D eigenvalue weighted by molar-refractivity contribution is 5.95. The fourth-order valence-corrected chi connectivity index (χ4v) is 4.49. The summed E-state index contributed by atoms with van der Waals surface area (Å²) in [6.45, 7) is 5.60. The molecule has 2 aromatic carbocycles. The van der Waals surface area contributed by atoms with Crippen LogP contribution in [0.5, 0.6) is 11.5 Å². The number of nitrogens with zero attached hydrogens (tertiary/aromatic N) is 5. The normalized spacial score (nSPS) is 13.6. The smallest absolute Gasteiger partial charge is 0.251 e. The number of ether oxygens (including phenoxy) is 2. The Morgan fingerprint density at radius 3 is 2.57 bits per heavy atom. The average molecular weight is 503 g/mol. The zero-order valence-corrected chi connectivity index (χ0v) is 21.9. The van der Waals surface area contributed by atoms with E-state index in [0.29, 0.717) is 12.1 Å². The Kier molecular flexibility index (Phi) is 8.56. The van der Waals surface area contributed by atoms with Gasteiger partial charge in [0.25, 0.3) is 5.91 Å². The summed E-state index contributed by atoms with van der Waals surface area (Å²) in [5.74, 6) is 2.35. The van der Waals surface area contributed by atoms with Gasteiger partial charge in [-0.15, -0.1) is 0 Å². The van der Waals surface area contributed by atoms with Crippen molar-refractivity contribution in [2.75, 3.05) is 63.8 Å². The van der Waals surface area contributed by atoms with Gasteiger partial charge in [-0.25, -0.2) is 9.97 Å². The van der Waals surface area contributed by atoms with Gasteiger partial charge in [0, 0.05) is 51.5 Å². The van der Waals surface area contributed by atoms with E-state index in [-0.39, 0.29) is 5.91 Å². The second kappa shape index (κ2) is 12.2. The number of rotatable bonds is 9. The summed E-state index contributed by atoms with van der Waals surface area (Å²) < 4.78 is 10.9. The third kappa shape index (κ3) is 6.17. The first-order valence-electron chi connectivity index (χ1n) is 12.4. The highest BCUT2D eigenvalue weighted by Crippen LogP contribution is 2.31. The van der Waals surface area contributed by atoms with Crippen LogP contribution < -0.4 is 24.6 Å². The number of nitrogens with one attached hydrogen (secondary N) is 1. The van der Waals surface area contributed by atoms with Crippen LogP contribution in [0.3, 0.4) is 0 Å². The third-order valence-corrected chi connectivity index (χ3v) is 6.51. The van der Waals surface area contributed by atoms with Gasteiger partial charge in [0.05, 0.1) is 31.2 Å². The molecule has 1 aliphatic heterocycles. The fourth-order valence-electron chi connectivity index (χ4n) is 4.49. The summed E-state index contributed by atoms with van der Waals surface area (Å²) >= 11 is 0. The minimum Gasteiger partial charge on any atom is -0.497 e. The number of aliphatic imine (C=N–C) groups is 1. The van der Waals surface area contributed by atoms with Crippen molar-refractivity contribution in [1.82, 2.24) is 15.3 Å². The van der Waals surface area contributed by atoms with Crippen molar-refractivity contribution in [3.8, 4) is 11.5 Å². The van der Waals surface area contributed by atoms with Crippen LogP contribution in [0.15, 0.2) is 53.8 Å². The van der Waals surface area contributed by atoms with Crippen molar-refractivity contribution in [1.29, 1.82) is 0 Å². The molecule has 1 N–H and O–H groups in total. The first-order valence-corrected chi connectivity index (χ1v) is 12.4. The van der Waals surface area contributed by atoms with E-state index >= 15 is 0 Å². The van der Waals surface area contributed by atoms with Crippen LogP contribution in [-0.4, -0.2) is 76.1 Å². The highest BCUT2D eigenvalue weighted by atomic mass is 16.5. The number of methoxy groups -OCH3 is 2. The number of piperazine rings is 1. The molecule has 0 spiro atoms. The van der Waals surface area contributed by atoms with Gasteiger partial charge in [0.1, 0.15) is 23.6 Å². The average Bonchev–Trinajstić information content (AvgIpc) is 2.94. The fraction of sp³-hybridized carbons (Fsp3) is 0.357. The van der Waals surface area contributed by atoms with Gasteiger partial charge in [-0.05, 0) is 49.2 Å². The number of aryl methyl sites for hydroxylation is 1. The molecule has 1 aromatic heterocycles. The van der Waals surface area contributed by atoms with E-state index in [4.69, 9.17) is 9.47 Å². The molecule has 1 amide bonds. The van der Waals surface area contributed by atoms with Crippen molar-refractivity contribution in [3.63, 3.8) is 0 Å². The van der Waals surface area contributed by atoms with Crippen LogP contribution >= 0.6 is 0 Å². The van der Waals surface area contributed by atoms with E-state index < -0.39 is 0 Å². The van der Waals surface area contributed by atoms with Gasteiger partial charge in [-0.3, -0.25) is 9.79 Å². The summed E-state index contributed by atoms with van der Waals surface area (Å²) in [6.07, 6.45) is 4.14. The van der Waals surface area contributed by atoms with Gasteiger partial charge >= 0.3 is 0 Å². The van der Waals surface area contributed by atoms with Crippen LogP contribution in [0.1, 0.15) is 27.2 Å². The molecule has 194 valence electrons. The van der Waals surface area contributed by atoms with E-state index in [9.17, 15) is 4.79 Å². The Balaban J connectivity index is 1.42. The molecule has 2 heterocycles. The standard InChI is InChI=1S/C28H34N6O3/c1-20-24(18-29-2)27(32-19-31-20)34-14-12-33(13-15-34)25-17-22(8-9-26(25)37-4)28(35)30-11-10-21-6-5-7-23(16-21)36-3/h5-9,16-19H,10-15H2,1-4H3,(H,30,35). The number of carbonyl (C=O) groups excluding carboxylic acids is 1. The second-order valence-corrected chi connectivity index (χ2v) is 8.80. The lowest BCUT2D eigenvalue weighted by Crippen LogP contribution is -2.47. The molecule has 3 aromatic rings. The molecular formula is C28H34N6O3. The van der Waals surface area contributed by atoms with E-state index in [0.717, 1.165) is 72.4 Å². The van der Waals surface area contributed by atoms with E-state index in [1.54, 1.807) is 33.7 Å². The lowest BCUT2D eigenvalue weighted by Gasteiger charge is -2.37. The van der Waals surface area contributed by atoms with Gasteiger partial charge in [0.2, 0.25) is 0 Å². The molecule has 0 aliphatic carbocycles. The minimum absolute atomic E-state index is 0.106. The zero-order valence-electron chi connectivity index (χ0n) is 21.9. The summed E-state index contributed by atoms with van der Waals surface area (Å²) in [5.41, 5.74) is 4.49. The lowest BCUT2D eigenvalue weighted by molar-refractivity contribution is 0.0954. The van der Waals surface area contributed by atoms with Crippen molar-refractivity contribution < 1.29 is 14.3 Å². The molecule has 0 radical (unpaired) electrons. The molecule has 0 bridgehead atoms. The number of carbonyl (C=O) groups is 1. The van der Waals surface area contributed by atoms with Gasteiger partial charge < -0.3 is 24.6 Å². The molecule has 0 atom stereocenters. The Hall–Kier alpha value is -4.14. The predicted molar refractivity (Wildman–Crippen MR) is 147 cm³/mol. The summed E-state index contributed by atoms with van der Waals surface area (Å²) in [5, 5.41) is 3.03. The van der Waals surface area contributed by atoms with E-state index in [1.807, 2.05) is 49.5 Å². The maximum Gasteiger partial charge on any atom is 0.251 e. The van der Waals surface area contributed by atoms with Crippen LogP contribution in [0.2, 0.25) is 0 Å². The molecule has 9 nitrogen and oxygen atoms in total. The quantitative estimate of drug-likeness (QED) is 0.450. The minimum atomic E-state index is -0.106. The van der Waals surface area contributed by atoms with Crippen LogP contribution in [-0.2, 0) is 6.42 Å². The molecule has 0 saturated carbocycles. The van der Waals surface area contributed by atoms with Gasteiger partial charge in [0.15, 0.2) is 0 Å². The Bertz CT molecular complexity index is 1250. The van der Waals surface area contributed by atoms with Crippen molar-refractivity contribution >= 4 is 23.6 Å². The monoisotopic (exact) mass is 502 g/mol. The van der Waals surface area contributed by atoms with E-state index in [2.05, 4.69) is 30.1 Å². The van der Waals surface area contributed by atoms with Crippen LogP contribution in [0, 0.1) is 6.92 Å². The molecule has 1 aliphatic rings. The third-order valence-electron chi connectivity index (χ3n) is 6.51. The van der Waals surface area contributed by atoms with Gasteiger partial charge in [-0.2, -0.15) is 0 Å². The molecule has 9 heteroatoms. The maximum absolute atomic E-state index is 12.9. The first-order chi connectivity index (χ1) is 18.0. The highest BCUT2D eigenvalue weighted by Gasteiger charge is 2.23. The number of amides is 1. The predicted octanol–water partition coefficient (Wildman–Crippen LogP) is 3.15. The van der Waals surface area contributed by atoms with E-state index in [1.165, 1.54) is 0 Å². The molecule has 0 unspecified atom stereocenters. The summed E-state index contributed by atoms with van der Waals surface area (Å²) in [4.78, 5) is 30.5. The number of hydrogen-bond acceptors (Lipinski definition) is 8. The SMILES string of the molecule is CN=Cc1c(C)ncnc1N1CCN(c2cc(C(=O)NCCc3cccc(OC)c3)ccc2OC)CC1. The summed E-state index contributed by atoms with van der Waals surface area (Å²) in [6, 6.07) is 13.5. The molecule has 37 heavy (non-hydrogen) atoms. The van der Waals surface area contributed by atoms with Crippen LogP contribution in [0.25, 0.3) is 0 Å². The zero-order chi connectivity index (χ0) is 26.2. The maximum atomic E-state index is 12.9. The largest absolute Gasteiger partial charge is 0.497 e. The summed E-state index contributed by atoms with van der Waals surface area (Å²) in [7, 11) is 5.06. The van der Waals surface area contributed by atoms with Crippen LogP contribution in [0.4, 0.5) is 11.5 Å². The first kappa shape index (κ1) is 25.9. The Morgan fingerprint density at radius 2 is 1.84 bits per heavy atom. The van der Waals surface area contributed by atoms with Crippen molar-refractivity contribution in [2.24, 2.45) is 4.99 Å². The molecule has 1 saturated heterocycles. The topological polar surface area (TPSA) is 92.2 Å². The lowest BCUT2D eigenvalue weighted by atomic mass is 10.1. The number of anilines is 2. The van der Waals surface area contributed by atoms with Crippen molar-refractivity contribution in [2.45, 2.75) is 13.3 Å². The number of hydrogen-bond donors (Lipinski definition) is 1. The number of benzene rings is 2. The Morgan fingerprint density at radius 1 is 1.05 bits per heavy atom. The van der Waals surface area contributed by atoms with Gasteiger partial charge in [-0.1, -0.05) is 12.1 Å². The Labute approximate surface area is 218 Å².